The van der Waals surface area contributed by atoms with E-state index in [9.17, 15) is 5.11 Å². The Hall–Kier alpha value is -0.540. The molecule has 3 heteroatoms. The van der Waals surface area contributed by atoms with E-state index in [0.29, 0.717) is 5.75 Å². The quantitative estimate of drug-likeness (QED) is 0.847. The predicted octanol–water partition coefficient (Wildman–Crippen LogP) is 2.51. The second-order valence-electron chi connectivity index (χ2n) is 2.54. The van der Waals surface area contributed by atoms with Crippen LogP contribution in [0.2, 0.25) is 0 Å². The van der Waals surface area contributed by atoms with Crippen LogP contribution in [-0.2, 0) is 0 Å². The lowest BCUT2D eigenvalue weighted by Crippen LogP contribution is -1.96. The van der Waals surface area contributed by atoms with E-state index in [4.69, 9.17) is 4.74 Å². The molecule has 1 unspecified atom stereocenters. The van der Waals surface area contributed by atoms with Gasteiger partial charge in [0.25, 0.3) is 0 Å². The van der Waals surface area contributed by atoms with Crippen LogP contribution in [0.5, 0.6) is 5.75 Å². The summed E-state index contributed by atoms with van der Waals surface area (Å²) in [6, 6.07) is 5.59. The molecule has 0 spiro atoms. The number of hydrogen-bond donors (Lipinski definition) is 1. The molecule has 0 fully saturated rings. The normalized spacial score (nSPS) is 12.7. The fourth-order valence-corrected chi connectivity index (χ4v) is 1.61. The van der Waals surface area contributed by atoms with Crippen LogP contribution < -0.4 is 4.74 Å². The van der Waals surface area contributed by atoms with Crippen LogP contribution in [-0.4, -0.2) is 12.2 Å². The number of aliphatic hydroxyl groups is 1. The summed E-state index contributed by atoms with van der Waals surface area (Å²) in [6.07, 6.45) is -0.502. The number of hydrogen-bond acceptors (Lipinski definition) is 2. The van der Waals surface area contributed by atoms with Crippen molar-refractivity contribution in [3.05, 3.63) is 28.2 Å². The first-order chi connectivity index (χ1) is 5.66. The summed E-state index contributed by atoms with van der Waals surface area (Å²) in [5, 5.41) is 9.36. The molecule has 12 heavy (non-hydrogen) atoms. The van der Waals surface area contributed by atoms with E-state index in [2.05, 4.69) is 15.9 Å². The second-order valence-corrected chi connectivity index (χ2v) is 3.39. The maximum Gasteiger partial charge on any atom is 0.138 e. The zero-order valence-corrected chi connectivity index (χ0v) is 8.63. The van der Waals surface area contributed by atoms with Gasteiger partial charge >= 0.3 is 0 Å². The van der Waals surface area contributed by atoms with Crippen molar-refractivity contribution in [2.24, 2.45) is 0 Å². The minimum Gasteiger partial charge on any atom is -0.495 e. The van der Waals surface area contributed by atoms with Crippen LogP contribution in [0.1, 0.15) is 18.6 Å². The molecular formula is C9H11BrO2. The zero-order valence-electron chi connectivity index (χ0n) is 7.04. The van der Waals surface area contributed by atoms with Gasteiger partial charge in [-0.15, -0.1) is 0 Å². The molecule has 0 saturated carbocycles. The van der Waals surface area contributed by atoms with E-state index in [0.717, 1.165) is 10.0 Å². The van der Waals surface area contributed by atoms with E-state index >= 15 is 0 Å². The maximum absolute atomic E-state index is 9.36. The molecule has 66 valence electrons. The van der Waals surface area contributed by atoms with E-state index < -0.39 is 6.10 Å². The fourth-order valence-electron chi connectivity index (χ4n) is 1.07. The van der Waals surface area contributed by atoms with Gasteiger partial charge < -0.3 is 9.84 Å². The number of para-hydroxylation sites is 1. The highest BCUT2D eigenvalue weighted by Gasteiger charge is 2.10. The third-order valence-electron chi connectivity index (χ3n) is 1.65. The minimum atomic E-state index is -0.502. The number of ether oxygens (including phenoxy) is 1. The van der Waals surface area contributed by atoms with Crippen LogP contribution in [0.4, 0.5) is 0 Å². The Bertz CT molecular complexity index is 271. The molecule has 1 N–H and O–H groups in total. The molecular weight excluding hydrogens is 220 g/mol. The summed E-state index contributed by atoms with van der Waals surface area (Å²) in [5.41, 5.74) is 0.798. The largest absolute Gasteiger partial charge is 0.495 e. The van der Waals surface area contributed by atoms with Gasteiger partial charge in [0, 0.05) is 5.56 Å². The van der Waals surface area contributed by atoms with E-state index in [-0.39, 0.29) is 0 Å². The Morgan fingerprint density at radius 3 is 2.58 bits per heavy atom. The van der Waals surface area contributed by atoms with Gasteiger partial charge in [-0.05, 0) is 28.9 Å². The highest BCUT2D eigenvalue weighted by atomic mass is 79.9. The minimum absolute atomic E-state index is 0.502. The van der Waals surface area contributed by atoms with Gasteiger partial charge in [0.2, 0.25) is 0 Å². The molecule has 1 atom stereocenters. The molecule has 0 bridgehead atoms. The fraction of sp³-hybridized carbons (Fsp3) is 0.333. The number of methoxy groups -OCH3 is 1. The van der Waals surface area contributed by atoms with Crippen LogP contribution in [0.25, 0.3) is 0 Å². The predicted molar refractivity (Wildman–Crippen MR) is 51.3 cm³/mol. The van der Waals surface area contributed by atoms with Crippen molar-refractivity contribution >= 4 is 15.9 Å². The van der Waals surface area contributed by atoms with Gasteiger partial charge in [-0.3, -0.25) is 0 Å². The number of rotatable bonds is 2. The lowest BCUT2D eigenvalue weighted by molar-refractivity contribution is 0.194. The van der Waals surface area contributed by atoms with Crippen molar-refractivity contribution in [2.75, 3.05) is 7.11 Å². The highest BCUT2D eigenvalue weighted by Crippen LogP contribution is 2.32. The molecule has 0 amide bonds. The summed E-state index contributed by atoms with van der Waals surface area (Å²) in [5.74, 6) is 0.701. The Labute approximate surface area is 80.3 Å². The van der Waals surface area contributed by atoms with Gasteiger partial charge in [0.1, 0.15) is 5.75 Å². The summed E-state index contributed by atoms with van der Waals surface area (Å²) in [6.45, 7) is 1.71. The maximum atomic E-state index is 9.36. The van der Waals surface area contributed by atoms with Crippen molar-refractivity contribution in [3.8, 4) is 5.75 Å². The Morgan fingerprint density at radius 1 is 1.50 bits per heavy atom. The van der Waals surface area contributed by atoms with Crippen molar-refractivity contribution < 1.29 is 9.84 Å². The lowest BCUT2D eigenvalue weighted by Gasteiger charge is -2.11. The van der Waals surface area contributed by atoms with Gasteiger partial charge in [-0.25, -0.2) is 0 Å². The van der Waals surface area contributed by atoms with Crippen molar-refractivity contribution in [3.63, 3.8) is 0 Å². The number of aliphatic hydroxyl groups excluding tert-OH is 1. The van der Waals surface area contributed by atoms with Crippen LogP contribution >= 0.6 is 15.9 Å². The lowest BCUT2D eigenvalue weighted by atomic mass is 10.1. The number of benzene rings is 1. The van der Waals surface area contributed by atoms with Crippen molar-refractivity contribution in [1.29, 1.82) is 0 Å². The standard InChI is InChI=1S/C9H11BrO2/c1-6(11)7-4-3-5-8(10)9(7)12-2/h3-6,11H,1-2H3. The molecule has 0 radical (unpaired) electrons. The molecule has 0 aliphatic heterocycles. The molecule has 0 heterocycles. The van der Waals surface area contributed by atoms with E-state index in [1.807, 2.05) is 18.2 Å². The molecule has 0 aromatic heterocycles. The average molecular weight is 231 g/mol. The van der Waals surface area contributed by atoms with Crippen molar-refractivity contribution in [2.45, 2.75) is 13.0 Å². The number of halogens is 1. The molecule has 0 saturated heterocycles. The smallest absolute Gasteiger partial charge is 0.138 e. The van der Waals surface area contributed by atoms with E-state index in [1.165, 1.54) is 0 Å². The second kappa shape index (κ2) is 3.92. The van der Waals surface area contributed by atoms with Gasteiger partial charge in [0.15, 0.2) is 0 Å². The summed E-state index contributed by atoms with van der Waals surface area (Å²) < 4.78 is 5.99. The van der Waals surface area contributed by atoms with Crippen LogP contribution in [0, 0.1) is 0 Å². The summed E-state index contributed by atoms with van der Waals surface area (Å²) in [4.78, 5) is 0. The molecule has 2 nitrogen and oxygen atoms in total. The van der Waals surface area contributed by atoms with Gasteiger partial charge in [0.05, 0.1) is 17.7 Å². The van der Waals surface area contributed by atoms with E-state index in [1.54, 1.807) is 14.0 Å². The van der Waals surface area contributed by atoms with Crippen molar-refractivity contribution in [1.82, 2.24) is 0 Å². The summed E-state index contributed by atoms with van der Waals surface area (Å²) >= 11 is 3.34. The molecule has 0 aliphatic carbocycles. The molecule has 1 aromatic rings. The molecule has 1 rings (SSSR count). The third-order valence-corrected chi connectivity index (χ3v) is 2.28. The third kappa shape index (κ3) is 1.79. The molecule has 0 aliphatic rings. The molecule has 1 aromatic carbocycles. The van der Waals surface area contributed by atoms with Crippen LogP contribution in [0.3, 0.4) is 0 Å². The Morgan fingerprint density at radius 2 is 2.17 bits per heavy atom. The van der Waals surface area contributed by atoms with Crippen LogP contribution in [0.15, 0.2) is 22.7 Å². The summed E-state index contributed by atoms with van der Waals surface area (Å²) in [7, 11) is 1.59. The zero-order chi connectivity index (χ0) is 9.14. The van der Waals surface area contributed by atoms with Gasteiger partial charge in [-0.1, -0.05) is 12.1 Å². The first kappa shape index (κ1) is 9.55. The Balaban J connectivity index is 3.18. The highest BCUT2D eigenvalue weighted by molar-refractivity contribution is 9.10. The van der Waals surface area contributed by atoms with Gasteiger partial charge in [-0.2, -0.15) is 0 Å². The Kier molecular flexibility index (Phi) is 3.12. The first-order valence-corrected chi connectivity index (χ1v) is 4.46. The SMILES string of the molecule is COc1c(Br)cccc1C(C)O. The first-order valence-electron chi connectivity index (χ1n) is 3.67. The monoisotopic (exact) mass is 230 g/mol. The average Bonchev–Trinajstić information content (AvgIpc) is 2.03. The topological polar surface area (TPSA) is 29.5 Å².